The number of carboxylic acids is 1. The summed E-state index contributed by atoms with van der Waals surface area (Å²) in [4.78, 5) is 24.5. The summed E-state index contributed by atoms with van der Waals surface area (Å²) in [5, 5.41) is 9.49. The molecule has 39 heavy (non-hydrogen) atoms. The summed E-state index contributed by atoms with van der Waals surface area (Å²) in [6, 6.07) is 6.37. The Labute approximate surface area is 236 Å². The Morgan fingerprint density at radius 3 is 2.44 bits per heavy atom. The summed E-state index contributed by atoms with van der Waals surface area (Å²) < 4.78 is 5.93. The Bertz CT molecular complexity index is 1100. The summed E-state index contributed by atoms with van der Waals surface area (Å²) in [5.41, 5.74) is 2.34. The van der Waals surface area contributed by atoms with Crippen molar-refractivity contribution in [3.8, 4) is 0 Å². The monoisotopic (exact) mass is 534 g/mol. The molecule has 0 spiro atoms. The van der Waals surface area contributed by atoms with Crippen molar-refractivity contribution in [1.82, 2.24) is 0 Å². The van der Waals surface area contributed by atoms with Gasteiger partial charge in [0.25, 0.3) is 0 Å². The van der Waals surface area contributed by atoms with Crippen molar-refractivity contribution in [2.75, 3.05) is 0 Å². The molecule has 3 saturated carbocycles. The van der Waals surface area contributed by atoms with Crippen molar-refractivity contribution >= 4 is 11.9 Å². The van der Waals surface area contributed by atoms with E-state index < -0.39 is 11.9 Å². The zero-order valence-electron chi connectivity index (χ0n) is 24.9. The Morgan fingerprint density at radius 1 is 0.974 bits per heavy atom. The molecule has 1 aromatic rings. The molecule has 3 fully saturated rings. The quantitative estimate of drug-likeness (QED) is 0.267. The van der Waals surface area contributed by atoms with Crippen LogP contribution in [-0.2, 0) is 4.74 Å². The smallest absolute Gasteiger partial charge is 0.339 e. The molecule has 8 atom stereocenters. The molecule has 4 aliphatic carbocycles. The maximum atomic E-state index is 12.9. The van der Waals surface area contributed by atoms with E-state index in [1.807, 2.05) is 0 Å². The first-order valence-electron chi connectivity index (χ1n) is 15.8. The van der Waals surface area contributed by atoms with E-state index in [1.54, 1.807) is 18.2 Å². The molecule has 0 heterocycles. The number of hydrogen-bond donors (Lipinski definition) is 1. The molecule has 1 N–H and O–H groups in total. The van der Waals surface area contributed by atoms with Gasteiger partial charge in [-0.1, -0.05) is 77.7 Å². The Morgan fingerprint density at radius 2 is 1.72 bits per heavy atom. The van der Waals surface area contributed by atoms with Gasteiger partial charge in [0.15, 0.2) is 0 Å². The molecule has 4 nitrogen and oxygen atoms in total. The van der Waals surface area contributed by atoms with E-state index in [0.717, 1.165) is 54.8 Å². The SMILES string of the molecule is CC(C)CCC[C@H](C)[C@H]1CC[C@@H]2[C@@H]3CC=C4C[C@@H](OC(=O)c5ccccc5C(=O)O)CC[C@]4(C)[C@@H]3CC[C@@]21C. The van der Waals surface area contributed by atoms with Crippen molar-refractivity contribution in [3.63, 3.8) is 0 Å². The van der Waals surface area contributed by atoms with Gasteiger partial charge in [-0.3, -0.25) is 0 Å². The van der Waals surface area contributed by atoms with E-state index in [1.165, 1.54) is 63.0 Å². The number of aromatic carboxylic acids is 1. The fourth-order valence-electron chi connectivity index (χ4n) is 9.82. The molecule has 4 aliphatic rings. The summed E-state index contributed by atoms with van der Waals surface area (Å²) in [5.74, 6) is 3.26. The highest BCUT2D eigenvalue weighted by molar-refractivity contribution is 6.02. The lowest BCUT2D eigenvalue weighted by Crippen LogP contribution is -2.51. The predicted molar refractivity (Wildman–Crippen MR) is 156 cm³/mol. The van der Waals surface area contributed by atoms with Gasteiger partial charge in [-0.05, 0) is 103 Å². The lowest BCUT2D eigenvalue weighted by molar-refractivity contribution is -0.0594. The largest absolute Gasteiger partial charge is 0.478 e. The van der Waals surface area contributed by atoms with Crippen LogP contribution in [0.15, 0.2) is 35.9 Å². The van der Waals surface area contributed by atoms with Gasteiger partial charge in [0.1, 0.15) is 6.10 Å². The molecule has 0 bridgehead atoms. The number of fused-ring (bicyclic) bond motifs is 5. The van der Waals surface area contributed by atoms with Gasteiger partial charge in [-0.25, -0.2) is 9.59 Å². The molecule has 0 amide bonds. The van der Waals surface area contributed by atoms with Crippen LogP contribution in [0.25, 0.3) is 0 Å². The fraction of sp³-hybridized carbons (Fsp3) is 0.714. The number of carboxylic acid groups (broad SMARTS) is 1. The first-order chi connectivity index (χ1) is 18.5. The zero-order valence-corrected chi connectivity index (χ0v) is 24.9. The van der Waals surface area contributed by atoms with Crippen molar-refractivity contribution in [1.29, 1.82) is 0 Å². The zero-order chi connectivity index (χ0) is 27.9. The van der Waals surface area contributed by atoms with Gasteiger partial charge in [-0.15, -0.1) is 0 Å². The second-order valence-electron chi connectivity index (χ2n) is 14.4. The summed E-state index contributed by atoms with van der Waals surface area (Å²) in [6.07, 6.45) is 15.9. The topological polar surface area (TPSA) is 63.6 Å². The normalized spacial score (nSPS) is 36.4. The molecule has 0 radical (unpaired) electrons. The summed E-state index contributed by atoms with van der Waals surface area (Å²) in [7, 11) is 0. The Balaban J connectivity index is 1.26. The molecule has 0 aromatic heterocycles. The summed E-state index contributed by atoms with van der Waals surface area (Å²) in [6.45, 7) is 12.4. The van der Waals surface area contributed by atoms with Crippen molar-refractivity contribution in [3.05, 3.63) is 47.0 Å². The van der Waals surface area contributed by atoms with E-state index in [4.69, 9.17) is 4.74 Å². The highest BCUT2D eigenvalue weighted by atomic mass is 16.5. The Hall–Kier alpha value is -2.10. The van der Waals surface area contributed by atoms with Crippen LogP contribution in [0.1, 0.15) is 126 Å². The molecule has 214 valence electrons. The molecule has 4 heteroatoms. The van der Waals surface area contributed by atoms with Crippen LogP contribution in [0.4, 0.5) is 0 Å². The van der Waals surface area contributed by atoms with Gasteiger partial charge < -0.3 is 9.84 Å². The number of rotatable bonds is 8. The highest BCUT2D eigenvalue weighted by Crippen LogP contribution is 2.67. The first kappa shape index (κ1) is 28.4. The molecule has 5 rings (SSSR count). The van der Waals surface area contributed by atoms with Crippen molar-refractivity contribution in [2.24, 2.45) is 46.3 Å². The average Bonchev–Trinajstić information content (AvgIpc) is 3.26. The van der Waals surface area contributed by atoms with Crippen molar-refractivity contribution in [2.45, 2.75) is 111 Å². The van der Waals surface area contributed by atoms with Gasteiger partial charge in [0.2, 0.25) is 0 Å². The minimum Gasteiger partial charge on any atom is -0.478 e. The van der Waals surface area contributed by atoms with E-state index in [-0.39, 0.29) is 22.6 Å². The minimum absolute atomic E-state index is 0.0113. The standard InChI is InChI=1S/C35H50O4/c1-22(2)9-8-10-23(3)29-15-16-30-28-14-13-24-21-25(17-19-34(24,4)31(28)18-20-35(29,30)5)39-33(38)27-12-7-6-11-26(27)32(36)37/h6-7,11-13,22-23,25,28-31H,8-10,14-21H2,1-5H3,(H,36,37)/t23-,25-,28-,29+,30+,31+,34-,35+/m0/s1. The van der Waals surface area contributed by atoms with Crippen LogP contribution in [0.2, 0.25) is 0 Å². The first-order valence-corrected chi connectivity index (χ1v) is 15.8. The van der Waals surface area contributed by atoms with E-state index in [2.05, 4.69) is 40.7 Å². The number of benzene rings is 1. The third-order valence-electron chi connectivity index (χ3n) is 11.9. The van der Waals surface area contributed by atoms with Crippen molar-refractivity contribution < 1.29 is 19.4 Å². The molecule has 1 aromatic carbocycles. The van der Waals surface area contributed by atoms with E-state index in [9.17, 15) is 14.7 Å². The Kier molecular flexibility index (Phi) is 8.06. The second kappa shape index (κ2) is 11.1. The number of esters is 1. The maximum Gasteiger partial charge on any atom is 0.339 e. The molecular formula is C35H50O4. The van der Waals surface area contributed by atoms with E-state index >= 15 is 0 Å². The van der Waals surface area contributed by atoms with Gasteiger partial charge in [0.05, 0.1) is 11.1 Å². The van der Waals surface area contributed by atoms with Crippen LogP contribution in [0.5, 0.6) is 0 Å². The molecule has 0 saturated heterocycles. The predicted octanol–water partition coefficient (Wildman–Crippen LogP) is 8.95. The minimum atomic E-state index is -1.09. The highest BCUT2D eigenvalue weighted by Gasteiger charge is 2.59. The lowest BCUT2D eigenvalue weighted by atomic mass is 9.47. The third-order valence-corrected chi connectivity index (χ3v) is 11.9. The van der Waals surface area contributed by atoms with Gasteiger partial charge in [-0.2, -0.15) is 0 Å². The van der Waals surface area contributed by atoms with Crippen LogP contribution >= 0.6 is 0 Å². The third kappa shape index (κ3) is 5.22. The van der Waals surface area contributed by atoms with Crippen LogP contribution in [0.3, 0.4) is 0 Å². The fourth-order valence-corrected chi connectivity index (χ4v) is 9.82. The number of allylic oxidation sites excluding steroid dienone is 1. The maximum absolute atomic E-state index is 12.9. The summed E-state index contributed by atoms with van der Waals surface area (Å²) >= 11 is 0. The van der Waals surface area contributed by atoms with E-state index in [0.29, 0.717) is 5.41 Å². The number of ether oxygens (including phenoxy) is 1. The molecule has 0 aliphatic heterocycles. The average molecular weight is 535 g/mol. The molecular weight excluding hydrogens is 484 g/mol. The lowest BCUT2D eigenvalue weighted by Gasteiger charge is -2.58. The number of carbonyl (C=O) groups is 2. The number of carbonyl (C=O) groups excluding carboxylic acids is 1. The van der Waals surface area contributed by atoms with Crippen LogP contribution < -0.4 is 0 Å². The van der Waals surface area contributed by atoms with Crippen LogP contribution in [-0.4, -0.2) is 23.1 Å². The number of hydrogen-bond acceptors (Lipinski definition) is 3. The van der Waals surface area contributed by atoms with Gasteiger partial charge in [0, 0.05) is 6.42 Å². The van der Waals surface area contributed by atoms with Gasteiger partial charge >= 0.3 is 11.9 Å². The van der Waals surface area contributed by atoms with Crippen LogP contribution in [0, 0.1) is 46.3 Å². The second-order valence-corrected chi connectivity index (χ2v) is 14.4. The molecule has 0 unspecified atom stereocenters.